The first-order valence-electron chi connectivity index (χ1n) is 6.61. The normalized spacial score (nSPS) is 15.9. The van der Waals surface area contributed by atoms with Gasteiger partial charge in [0.1, 0.15) is 5.82 Å². The van der Waals surface area contributed by atoms with Gasteiger partial charge in [0, 0.05) is 17.8 Å². The number of nitrogens with one attached hydrogen (secondary N) is 2. The minimum atomic E-state index is -0.675. The van der Waals surface area contributed by atoms with E-state index in [9.17, 15) is 9.18 Å². The Kier molecular flexibility index (Phi) is 3.22. The first-order chi connectivity index (χ1) is 9.65. The fourth-order valence-corrected chi connectivity index (χ4v) is 2.07. The maximum atomic E-state index is 13.6. The molecule has 1 saturated carbocycles. The highest BCUT2D eigenvalue weighted by Crippen LogP contribution is 2.39. The van der Waals surface area contributed by atoms with Crippen LogP contribution < -0.4 is 5.32 Å². The molecule has 1 unspecified atom stereocenters. The van der Waals surface area contributed by atoms with E-state index in [4.69, 9.17) is 0 Å². The maximum absolute atomic E-state index is 13.6. The number of aromatic nitrogens is 3. The quantitative estimate of drug-likeness (QED) is 0.900. The van der Waals surface area contributed by atoms with Crippen LogP contribution in [0.4, 0.5) is 10.3 Å². The van der Waals surface area contributed by atoms with Crippen LogP contribution in [-0.2, 0) is 4.79 Å². The largest absolute Gasteiger partial charge is 0.328 e. The van der Waals surface area contributed by atoms with Gasteiger partial charge in [-0.3, -0.25) is 15.1 Å². The predicted molar refractivity (Wildman–Crippen MR) is 71.8 cm³/mol. The lowest BCUT2D eigenvalue weighted by Gasteiger charge is -2.10. The number of halogens is 1. The van der Waals surface area contributed by atoms with E-state index in [0.29, 0.717) is 11.9 Å². The summed E-state index contributed by atoms with van der Waals surface area (Å²) in [6, 6.07) is 2.79. The second-order valence-corrected chi connectivity index (χ2v) is 5.04. The van der Waals surface area contributed by atoms with Gasteiger partial charge >= 0.3 is 0 Å². The van der Waals surface area contributed by atoms with E-state index in [1.165, 1.54) is 18.3 Å². The third-order valence-corrected chi connectivity index (χ3v) is 3.44. The van der Waals surface area contributed by atoms with Gasteiger partial charge < -0.3 is 4.98 Å². The van der Waals surface area contributed by atoms with Crippen molar-refractivity contribution in [2.24, 2.45) is 0 Å². The first-order valence-corrected chi connectivity index (χ1v) is 6.61. The fourth-order valence-electron chi connectivity index (χ4n) is 2.07. The fraction of sp³-hybridized carbons (Fsp3) is 0.357. The summed E-state index contributed by atoms with van der Waals surface area (Å²) in [5.41, 5.74) is 1.18. The van der Waals surface area contributed by atoms with Crippen molar-refractivity contribution in [1.29, 1.82) is 0 Å². The van der Waals surface area contributed by atoms with Crippen LogP contribution >= 0.6 is 0 Å². The molecule has 2 aromatic rings. The van der Waals surface area contributed by atoms with Gasteiger partial charge in [-0.2, -0.15) is 0 Å². The Bertz CT molecular complexity index is 636. The van der Waals surface area contributed by atoms with Crippen molar-refractivity contribution in [3.05, 3.63) is 41.7 Å². The first kappa shape index (κ1) is 12.8. The van der Waals surface area contributed by atoms with Crippen molar-refractivity contribution >= 4 is 11.9 Å². The number of carbonyl (C=O) groups excluding carboxylic acids is 1. The van der Waals surface area contributed by atoms with Crippen molar-refractivity contribution in [2.75, 3.05) is 5.32 Å². The standard InChI is InChI=1S/C14H15FN4O/c1-8(12-10(15)3-2-6-16-12)13(20)19-14-17-7-11(18-14)9-4-5-9/h2-3,6-9H,4-5H2,1H3,(H2,17,18,19,20). The molecule has 2 aromatic heterocycles. The van der Waals surface area contributed by atoms with Crippen molar-refractivity contribution in [3.8, 4) is 0 Å². The van der Waals surface area contributed by atoms with Crippen LogP contribution in [0, 0.1) is 5.82 Å². The molecular formula is C14H15FN4O. The van der Waals surface area contributed by atoms with Gasteiger partial charge in [-0.25, -0.2) is 9.37 Å². The molecule has 1 amide bonds. The number of nitrogens with zero attached hydrogens (tertiary/aromatic N) is 2. The van der Waals surface area contributed by atoms with Crippen molar-refractivity contribution < 1.29 is 9.18 Å². The molecule has 0 bridgehead atoms. The molecule has 0 saturated heterocycles. The number of carbonyl (C=O) groups is 1. The average molecular weight is 274 g/mol. The predicted octanol–water partition coefficient (Wildman–Crippen LogP) is 2.56. The molecule has 2 N–H and O–H groups in total. The van der Waals surface area contributed by atoms with Gasteiger partial charge in [-0.15, -0.1) is 0 Å². The zero-order valence-electron chi connectivity index (χ0n) is 11.1. The van der Waals surface area contributed by atoms with E-state index in [1.54, 1.807) is 13.1 Å². The van der Waals surface area contributed by atoms with Gasteiger partial charge in [0.25, 0.3) is 0 Å². The minimum Gasteiger partial charge on any atom is -0.328 e. The Morgan fingerprint density at radius 1 is 1.50 bits per heavy atom. The Morgan fingerprint density at radius 3 is 3.00 bits per heavy atom. The molecule has 20 heavy (non-hydrogen) atoms. The molecule has 1 atom stereocenters. The van der Waals surface area contributed by atoms with Crippen LogP contribution in [0.25, 0.3) is 0 Å². The van der Waals surface area contributed by atoms with Crippen molar-refractivity contribution in [2.45, 2.75) is 31.6 Å². The lowest BCUT2D eigenvalue weighted by Crippen LogP contribution is -2.21. The maximum Gasteiger partial charge on any atom is 0.235 e. The van der Waals surface area contributed by atoms with E-state index in [-0.39, 0.29) is 11.6 Å². The number of H-pyrrole nitrogens is 1. The lowest BCUT2D eigenvalue weighted by molar-refractivity contribution is -0.117. The summed E-state index contributed by atoms with van der Waals surface area (Å²) >= 11 is 0. The number of pyridine rings is 1. The average Bonchev–Trinajstić information content (AvgIpc) is 3.19. The minimum absolute atomic E-state index is 0.138. The van der Waals surface area contributed by atoms with E-state index >= 15 is 0 Å². The molecule has 1 aliphatic carbocycles. The second-order valence-electron chi connectivity index (χ2n) is 5.04. The second kappa shape index (κ2) is 5.03. The number of anilines is 1. The number of rotatable bonds is 4. The molecule has 3 rings (SSSR count). The summed E-state index contributed by atoms with van der Waals surface area (Å²) < 4.78 is 13.6. The summed E-state index contributed by atoms with van der Waals surface area (Å²) in [5.74, 6) is -0.544. The van der Waals surface area contributed by atoms with Crippen LogP contribution in [-0.4, -0.2) is 20.9 Å². The summed E-state index contributed by atoms with van der Waals surface area (Å²) in [5, 5.41) is 2.66. The van der Waals surface area contributed by atoms with E-state index in [1.807, 2.05) is 0 Å². The number of hydrogen-bond acceptors (Lipinski definition) is 3. The molecule has 0 aromatic carbocycles. The Hall–Kier alpha value is -2.24. The van der Waals surface area contributed by atoms with Crippen LogP contribution in [0.2, 0.25) is 0 Å². The van der Waals surface area contributed by atoms with Crippen molar-refractivity contribution in [1.82, 2.24) is 15.0 Å². The van der Waals surface area contributed by atoms with Gasteiger partial charge in [0.2, 0.25) is 11.9 Å². The third-order valence-electron chi connectivity index (χ3n) is 3.44. The molecule has 0 spiro atoms. The van der Waals surface area contributed by atoms with Gasteiger partial charge in [-0.05, 0) is 31.9 Å². The molecule has 6 heteroatoms. The monoisotopic (exact) mass is 274 g/mol. The highest BCUT2D eigenvalue weighted by Gasteiger charge is 2.26. The van der Waals surface area contributed by atoms with Crippen LogP contribution in [0.5, 0.6) is 0 Å². The van der Waals surface area contributed by atoms with Gasteiger partial charge in [0.05, 0.1) is 17.8 Å². The van der Waals surface area contributed by atoms with Crippen LogP contribution in [0.15, 0.2) is 24.5 Å². The van der Waals surface area contributed by atoms with Gasteiger partial charge in [0.15, 0.2) is 0 Å². The molecule has 1 fully saturated rings. The molecular weight excluding hydrogens is 259 g/mol. The smallest absolute Gasteiger partial charge is 0.235 e. The number of aromatic amines is 1. The highest BCUT2D eigenvalue weighted by molar-refractivity contribution is 5.93. The molecule has 0 radical (unpaired) electrons. The SMILES string of the molecule is CC(C(=O)Nc1ncc(C2CC2)[nH]1)c1ncccc1F. The summed E-state index contributed by atoms with van der Waals surface area (Å²) in [6.07, 6.45) is 5.52. The molecule has 0 aliphatic heterocycles. The highest BCUT2D eigenvalue weighted by atomic mass is 19.1. The summed E-state index contributed by atoms with van der Waals surface area (Å²) in [7, 11) is 0. The molecule has 2 heterocycles. The lowest BCUT2D eigenvalue weighted by atomic mass is 10.1. The van der Waals surface area contributed by atoms with E-state index < -0.39 is 11.7 Å². The number of imidazole rings is 1. The Morgan fingerprint density at radius 2 is 2.30 bits per heavy atom. The number of hydrogen-bond donors (Lipinski definition) is 2. The molecule has 1 aliphatic rings. The Labute approximate surface area is 115 Å². The Balaban J connectivity index is 1.70. The van der Waals surface area contributed by atoms with Crippen molar-refractivity contribution in [3.63, 3.8) is 0 Å². The van der Waals surface area contributed by atoms with Crippen LogP contribution in [0.1, 0.15) is 43.0 Å². The molecule has 104 valence electrons. The third kappa shape index (κ3) is 2.54. The zero-order valence-corrected chi connectivity index (χ0v) is 11.1. The van der Waals surface area contributed by atoms with E-state index in [0.717, 1.165) is 18.5 Å². The summed E-state index contributed by atoms with van der Waals surface area (Å²) in [4.78, 5) is 23.2. The molecule has 5 nitrogen and oxygen atoms in total. The number of amides is 1. The van der Waals surface area contributed by atoms with Crippen LogP contribution in [0.3, 0.4) is 0 Å². The summed E-state index contributed by atoms with van der Waals surface area (Å²) in [6.45, 7) is 1.62. The topological polar surface area (TPSA) is 70.7 Å². The zero-order chi connectivity index (χ0) is 14.1. The van der Waals surface area contributed by atoms with E-state index in [2.05, 4.69) is 20.3 Å². The van der Waals surface area contributed by atoms with Gasteiger partial charge in [-0.1, -0.05) is 0 Å².